The van der Waals surface area contributed by atoms with Crippen molar-refractivity contribution in [1.82, 2.24) is 15.1 Å². The van der Waals surface area contributed by atoms with Crippen LogP contribution >= 0.6 is 0 Å². The molecule has 0 aliphatic carbocycles. The Morgan fingerprint density at radius 3 is 2.31 bits per heavy atom. The summed E-state index contributed by atoms with van der Waals surface area (Å²) < 4.78 is 11.5. The van der Waals surface area contributed by atoms with Crippen LogP contribution in [0.5, 0.6) is 5.75 Å². The van der Waals surface area contributed by atoms with Gasteiger partial charge in [-0.25, -0.2) is 4.79 Å². The van der Waals surface area contributed by atoms with E-state index in [-0.39, 0.29) is 6.03 Å². The maximum Gasteiger partial charge on any atom is 0.317 e. The molecule has 184 valence electrons. The fraction of sp³-hybridized carbons (Fsp3) is 0.345. The van der Waals surface area contributed by atoms with Crippen molar-refractivity contribution in [2.75, 3.05) is 39.4 Å². The van der Waals surface area contributed by atoms with Crippen LogP contribution in [0.1, 0.15) is 23.1 Å². The number of amides is 2. The van der Waals surface area contributed by atoms with Gasteiger partial charge in [0.15, 0.2) is 0 Å². The minimum absolute atomic E-state index is 0.0496. The van der Waals surface area contributed by atoms with Crippen LogP contribution in [0.2, 0.25) is 0 Å². The zero-order valence-electron chi connectivity index (χ0n) is 20.3. The zero-order valence-corrected chi connectivity index (χ0v) is 20.3. The molecule has 0 saturated carbocycles. The molecule has 4 rings (SSSR count). The van der Waals surface area contributed by atoms with Gasteiger partial charge in [0.05, 0.1) is 13.2 Å². The number of nitrogens with one attached hydrogen (secondary N) is 1. The number of hydrogen-bond acceptors (Lipinski definition) is 4. The van der Waals surface area contributed by atoms with Gasteiger partial charge < -0.3 is 19.7 Å². The largest absolute Gasteiger partial charge is 0.489 e. The number of benzene rings is 3. The first-order valence-corrected chi connectivity index (χ1v) is 12.4. The Bertz CT molecular complexity index is 1020. The molecular formula is C29H35N3O3. The minimum atomic E-state index is -0.0496. The van der Waals surface area contributed by atoms with Crippen LogP contribution in [0.15, 0.2) is 84.9 Å². The van der Waals surface area contributed by atoms with Crippen LogP contribution in [-0.2, 0) is 24.4 Å². The highest BCUT2D eigenvalue weighted by atomic mass is 16.5. The van der Waals surface area contributed by atoms with E-state index in [2.05, 4.69) is 28.4 Å². The number of carbonyl (C=O) groups excluding carboxylic acids is 1. The Hall–Kier alpha value is -3.35. The van der Waals surface area contributed by atoms with Crippen molar-refractivity contribution < 1.29 is 14.3 Å². The number of hydrogen-bond donors (Lipinski definition) is 1. The molecule has 0 spiro atoms. The van der Waals surface area contributed by atoms with Crippen molar-refractivity contribution in [3.05, 3.63) is 102 Å². The zero-order chi connectivity index (χ0) is 24.1. The van der Waals surface area contributed by atoms with E-state index in [1.807, 2.05) is 71.6 Å². The predicted octanol–water partition coefficient (Wildman–Crippen LogP) is 4.70. The number of carbonyl (C=O) groups is 1. The highest BCUT2D eigenvalue weighted by Gasteiger charge is 2.16. The lowest BCUT2D eigenvalue weighted by atomic mass is 10.2. The summed E-state index contributed by atoms with van der Waals surface area (Å²) in [4.78, 5) is 17.5. The van der Waals surface area contributed by atoms with Crippen LogP contribution in [-0.4, -0.2) is 55.2 Å². The second kappa shape index (κ2) is 13.5. The van der Waals surface area contributed by atoms with Crippen molar-refractivity contribution in [3.63, 3.8) is 0 Å². The van der Waals surface area contributed by atoms with Crippen molar-refractivity contribution in [2.24, 2.45) is 0 Å². The van der Waals surface area contributed by atoms with E-state index < -0.39 is 0 Å². The van der Waals surface area contributed by atoms with E-state index in [4.69, 9.17) is 9.47 Å². The summed E-state index contributed by atoms with van der Waals surface area (Å²) >= 11 is 0. The highest BCUT2D eigenvalue weighted by molar-refractivity contribution is 5.74. The SMILES string of the molecule is O=C(NCc1ccccc1)N(CCCN1CCOCC1)Cc1cccc(OCc2ccccc2)c1. The molecule has 1 heterocycles. The van der Waals surface area contributed by atoms with Crippen molar-refractivity contribution in [3.8, 4) is 5.75 Å². The summed E-state index contributed by atoms with van der Waals surface area (Å²) in [5.74, 6) is 0.810. The minimum Gasteiger partial charge on any atom is -0.489 e. The first-order valence-electron chi connectivity index (χ1n) is 12.4. The van der Waals surface area contributed by atoms with Crippen molar-refractivity contribution in [2.45, 2.75) is 26.1 Å². The van der Waals surface area contributed by atoms with Crippen LogP contribution < -0.4 is 10.1 Å². The lowest BCUT2D eigenvalue weighted by molar-refractivity contribution is 0.0364. The van der Waals surface area contributed by atoms with E-state index in [0.29, 0.717) is 26.2 Å². The average molecular weight is 474 g/mol. The molecule has 0 atom stereocenters. The van der Waals surface area contributed by atoms with Gasteiger partial charge in [0, 0.05) is 39.3 Å². The molecule has 3 aromatic rings. The van der Waals surface area contributed by atoms with Crippen molar-refractivity contribution >= 4 is 6.03 Å². The predicted molar refractivity (Wildman–Crippen MR) is 138 cm³/mol. The third-order valence-electron chi connectivity index (χ3n) is 6.10. The van der Waals surface area contributed by atoms with Crippen LogP contribution in [0.3, 0.4) is 0 Å². The molecule has 1 aliphatic heterocycles. The molecular weight excluding hydrogens is 438 g/mol. The Balaban J connectivity index is 1.36. The third kappa shape index (κ3) is 8.42. The fourth-order valence-electron chi connectivity index (χ4n) is 4.14. The second-order valence-electron chi connectivity index (χ2n) is 8.80. The molecule has 35 heavy (non-hydrogen) atoms. The molecule has 0 bridgehead atoms. The van der Waals surface area contributed by atoms with E-state index >= 15 is 0 Å². The average Bonchev–Trinajstić information content (AvgIpc) is 2.92. The highest BCUT2D eigenvalue weighted by Crippen LogP contribution is 2.17. The number of urea groups is 1. The lowest BCUT2D eigenvalue weighted by Gasteiger charge is -2.28. The quantitative estimate of drug-likeness (QED) is 0.439. The van der Waals surface area contributed by atoms with E-state index in [0.717, 1.165) is 61.7 Å². The molecule has 1 aliphatic rings. The van der Waals surface area contributed by atoms with Gasteiger partial charge in [-0.3, -0.25) is 4.90 Å². The first-order chi connectivity index (χ1) is 17.3. The van der Waals surface area contributed by atoms with Crippen LogP contribution in [0.25, 0.3) is 0 Å². The van der Waals surface area contributed by atoms with E-state index in [9.17, 15) is 4.79 Å². The van der Waals surface area contributed by atoms with Crippen LogP contribution in [0, 0.1) is 0 Å². The Morgan fingerprint density at radius 2 is 1.57 bits per heavy atom. The van der Waals surface area contributed by atoms with Gasteiger partial charge in [-0.2, -0.15) is 0 Å². The summed E-state index contributed by atoms with van der Waals surface area (Å²) in [6.45, 7) is 6.71. The normalized spacial score (nSPS) is 13.8. The second-order valence-corrected chi connectivity index (χ2v) is 8.80. The summed E-state index contributed by atoms with van der Waals surface area (Å²) in [5, 5.41) is 3.09. The third-order valence-corrected chi connectivity index (χ3v) is 6.10. The maximum atomic E-state index is 13.1. The van der Waals surface area contributed by atoms with E-state index in [1.54, 1.807) is 0 Å². The molecule has 6 heteroatoms. The molecule has 3 aromatic carbocycles. The maximum absolute atomic E-state index is 13.1. The number of nitrogens with zero attached hydrogens (tertiary/aromatic N) is 2. The number of morpholine rings is 1. The molecule has 6 nitrogen and oxygen atoms in total. The lowest BCUT2D eigenvalue weighted by Crippen LogP contribution is -2.42. The number of rotatable bonds is 11. The molecule has 2 amide bonds. The summed E-state index contributed by atoms with van der Waals surface area (Å²) in [7, 11) is 0. The molecule has 1 N–H and O–H groups in total. The fourth-order valence-corrected chi connectivity index (χ4v) is 4.14. The van der Waals surface area contributed by atoms with E-state index in [1.165, 1.54) is 0 Å². The number of ether oxygens (including phenoxy) is 2. The molecule has 1 fully saturated rings. The Labute approximate surface area is 208 Å². The Kier molecular flexibility index (Phi) is 9.56. The first kappa shape index (κ1) is 24.8. The summed E-state index contributed by atoms with van der Waals surface area (Å²) in [6.07, 6.45) is 0.920. The Morgan fingerprint density at radius 1 is 0.886 bits per heavy atom. The monoisotopic (exact) mass is 473 g/mol. The van der Waals surface area contributed by atoms with Gasteiger partial charge in [-0.05, 0) is 35.2 Å². The van der Waals surface area contributed by atoms with Gasteiger partial charge >= 0.3 is 6.03 Å². The molecule has 0 unspecified atom stereocenters. The summed E-state index contributed by atoms with van der Waals surface area (Å²) in [5.41, 5.74) is 3.27. The van der Waals surface area contributed by atoms with Gasteiger partial charge in [0.2, 0.25) is 0 Å². The standard InChI is InChI=1S/C29H35N3O3/c33-29(30-22-25-9-3-1-4-10-25)32(16-8-15-31-17-19-34-20-18-31)23-27-13-7-14-28(21-27)35-24-26-11-5-2-6-12-26/h1-7,9-14,21H,8,15-20,22-24H2,(H,30,33). The van der Waals surface area contributed by atoms with Crippen LogP contribution in [0.4, 0.5) is 4.79 Å². The molecule has 0 aromatic heterocycles. The molecule has 1 saturated heterocycles. The van der Waals surface area contributed by atoms with Gasteiger partial charge in [0.25, 0.3) is 0 Å². The molecule has 0 radical (unpaired) electrons. The smallest absolute Gasteiger partial charge is 0.317 e. The summed E-state index contributed by atoms with van der Waals surface area (Å²) in [6, 6.07) is 28.1. The van der Waals surface area contributed by atoms with Gasteiger partial charge in [-0.1, -0.05) is 72.8 Å². The van der Waals surface area contributed by atoms with Gasteiger partial charge in [-0.15, -0.1) is 0 Å². The van der Waals surface area contributed by atoms with Gasteiger partial charge in [0.1, 0.15) is 12.4 Å². The topological polar surface area (TPSA) is 54.0 Å². The van der Waals surface area contributed by atoms with Crippen molar-refractivity contribution in [1.29, 1.82) is 0 Å².